The number of imidazole rings is 1. The molecular formula is C20H31ClN4O2. The summed E-state index contributed by atoms with van der Waals surface area (Å²) in [6, 6.07) is 7.86. The Bertz CT molecular complexity index is 812. The molecule has 1 fully saturated rings. The first-order valence-electron chi connectivity index (χ1n) is 9.76. The molecule has 0 radical (unpaired) electrons. The molecule has 1 amide bonds. The molecule has 0 saturated carbocycles. The number of hydrogen-bond acceptors (Lipinski definition) is 3. The van der Waals surface area contributed by atoms with Crippen molar-refractivity contribution in [2.75, 3.05) is 26.7 Å². The number of carbonyl (C=O) groups excluding carboxylic acids is 1. The number of para-hydroxylation sites is 2. The van der Waals surface area contributed by atoms with E-state index in [0.29, 0.717) is 25.4 Å². The van der Waals surface area contributed by atoms with E-state index in [1.54, 1.807) is 4.57 Å². The Morgan fingerprint density at radius 3 is 2.48 bits per heavy atom. The standard InChI is InChI=1S/C20H30N4O2.ClH/c1-3-11-23-17-8-4-5-9-18(17)24(20(23)26)13-10-19(25)22-12-6-7-16(15-22)14-21-2;/h4-5,8-9,16,21H,3,6-7,10-15H2,1-2H3;1H. The van der Waals surface area contributed by atoms with Crippen LogP contribution in [0.25, 0.3) is 11.0 Å². The summed E-state index contributed by atoms with van der Waals surface area (Å²) in [5.74, 6) is 0.692. The van der Waals surface area contributed by atoms with Crippen molar-refractivity contribution in [3.63, 3.8) is 0 Å². The second-order valence-electron chi connectivity index (χ2n) is 7.23. The molecule has 1 N–H and O–H groups in total. The summed E-state index contributed by atoms with van der Waals surface area (Å²) in [7, 11) is 1.96. The molecule has 2 aromatic rings. The first kappa shape index (κ1) is 21.5. The van der Waals surface area contributed by atoms with Crippen LogP contribution in [0.15, 0.2) is 29.1 Å². The van der Waals surface area contributed by atoms with Gasteiger partial charge in [-0.3, -0.25) is 13.9 Å². The zero-order valence-corrected chi connectivity index (χ0v) is 17.1. The van der Waals surface area contributed by atoms with Crippen LogP contribution >= 0.6 is 12.4 Å². The van der Waals surface area contributed by atoms with Crippen molar-refractivity contribution in [1.29, 1.82) is 0 Å². The van der Waals surface area contributed by atoms with Gasteiger partial charge in [0.1, 0.15) is 0 Å². The lowest BCUT2D eigenvalue weighted by molar-refractivity contribution is -0.133. The molecule has 1 atom stereocenters. The molecule has 0 spiro atoms. The monoisotopic (exact) mass is 394 g/mol. The van der Waals surface area contributed by atoms with Gasteiger partial charge in [-0.2, -0.15) is 0 Å². The number of halogens is 1. The van der Waals surface area contributed by atoms with Gasteiger partial charge in [0.05, 0.1) is 11.0 Å². The number of likely N-dealkylation sites (tertiary alicyclic amines) is 1. The average molecular weight is 395 g/mol. The number of nitrogens with one attached hydrogen (secondary N) is 1. The van der Waals surface area contributed by atoms with Crippen molar-refractivity contribution < 1.29 is 4.79 Å². The number of aromatic nitrogens is 2. The SMILES string of the molecule is CCCn1c(=O)n(CCC(=O)N2CCCC(CNC)C2)c2ccccc21.Cl. The molecule has 1 aliphatic rings. The number of rotatable bonds is 7. The van der Waals surface area contributed by atoms with Crippen molar-refractivity contribution in [2.24, 2.45) is 5.92 Å². The predicted octanol–water partition coefficient (Wildman–Crippen LogP) is 2.48. The molecular weight excluding hydrogens is 364 g/mol. The van der Waals surface area contributed by atoms with E-state index in [1.165, 1.54) is 6.42 Å². The fourth-order valence-electron chi connectivity index (χ4n) is 4.04. The number of carbonyl (C=O) groups is 1. The van der Waals surface area contributed by atoms with Crippen molar-refractivity contribution in [3.8, 4) is 0 Å². The summed E-state index contributed by atoms with van der Waals surface area (Å²) in [6.07, 6.45) is 3.53. The minimum absolute atomic E-state index is 0. The molecule has 27 heavy (non-hydrogen) atoms. The number of hydrogen-bond donors (Lipinski definition) is 1. The molecule has 3 rings (SSSR count). The van der Waals surface area contributed by atoms with Gasteiger partial charge in [0.25, 0.3) is 0 Å². The fraction of sp³-hybridized carbons (Fsp3) is 0.600. The Balaban J connectivity index is 0.00000261. The first-order chi connectivity index (χ1) is 12.7. The number of piperidine rings is 1. The van der Waals surface area contributed by atoms with Gasteiger partial charge in [-0.05, 0) is 50.9 Å². The summed E-state index contributed by atoms with van der Waals surface area (Å²) < 4.78 is 3.58. The van der Waals surface area contributed by atoms with Crippen LogP contribution in [0.5, 0.6) is 0 Å². The summed E-state index contributed by atoms with van der Waals surface area (Å²) in [4.78, 5) is 27.5. The molecule has 150 valence electrons. The third-order valence-corrected chi connectivity index (χ3v) is 5.29. The number of amides is 1. The lowest BCUT2D eigenvalue weighted by Gasteiger charge is -2.32. The van der Waals surface area contributed by atoms with E-state index in [4.69, 9.17) is 0 Å². The average Bonchev–Trinajstić information content (AvgIpc) is 2.92. The maximum absolute atomic E-state index is 12.8. The van der Waals surface area contributed by atoms with Crippen LogP contribution in [0.2, 0.25) is 0 Å². The van der Waals surface area contributed by atoms with Gasteiger partial charge >= 0.3 is 5.69 Å². The molecule has 1 saturated heterocycles. The van der Waals surface area contributed by atoms with Gasteiger partial charge < -0.3 is 10.2 Å². The minimum Gasteiger partial charge on any atom is -0.342 e. The van der Waals surface area contributed by atoms with Crippen LogP contribution in [0, 0.1) is 5.92 Å². The summed E-state index contributed by atoms with van der Waals surface area (Å²) >= 11 is 0. The normalized spacial score (nSPS) is 17.1. The zero-order valence-electron chi connectivity index (χ0n) is 16.3. The molecule has 0 aliphatic carbocycles. The summed E-state index contributed by atoms with van der Waals surface area (Å²) in [5, 5.41) is 3.21. The first-order valence-corrected chi connectivity index (χ1v) is 9.76. The Morgan fingerprint density at radius 2 is 1.85 bits per heavy atom. The molecule has 0 bridgehead atoms. The van der Waals surface area contributed by atoms with Crippen molar-refractivity contribution in [3.05, 3.63) is 34.7 Å². The van der Waals surface area contributed by atoms with Gasteiger partial charge in [-0.25, -0.2) is 4.79 Å². The van der Waals surface area contributed by atoms with Crippen LogP contribution in [0.1, 0.15) is 32.6 Å². The van der Waals surface area contributed by atoms with Gasteiger partial charge in [0, 0.05) is 32.6 Å². The van der Waals surface area contributed by atoms with E-state index >= 15 is 0 Å². The smallest absolute Gasteiger partial charge is 0.329 e. The molecule has 1 aliphatic heterocycles. The molecule has 1 aromatic heterocycles. The predicted molar refractivity (Wildman–Crippen MR) is 112 cm³/mol. The third-order valence-electron chi connectivity index (χ3n) is 5.29. The summed E-state index contributed by atoms with van der Waals surface area (Å²) in [6.45, 7) is 5.84. The largest absolute Gasteiger partial charge is 0.342 e. The summed E-state index contributed by atoms with van der Waals surface area (Å²) in [5.41, 5.74) is 1.87. The van der Waals surface area contributed by atoms with Crippen LogP contribution < -0.4 is 11.0 Å². The molecule has 1 unspecified atom stereocenters. The van der Waals surface area contributed by atoms with E-state index in [0.717, 1.165) is 43.5 Å². The maximum Gasteiger partial charge on any atom is 0.329 e. The van der Waals surface area contributed by atoms with Gasteiger partial charge in [0.15, 0.2) is 0 Å². The lowest BCUT2D eigenvalue weighted by atomic mass is 9.98. The fourth-order valence-corrected chi connectivity index (χ4v) is 4.04. The highest BCUT2D eigenvalue weighted by Crippen LogP contribution is 2.18. The number of nitrogens with zero attached hydrogens (tertiary/aromatic N) is 3. The Morgan fingerprint density at radius 1 is 1.19 bits per heavy atom. The second kappa shape index (κ2) is 9.95. The quantitative estimate of drug-likeness (QED) is 0.784. The van der Waals surface area contributed by atoms with Gasteiger partial charge in [-0.1, -0.05) is 19.1 Å². The minimum atomic E-state index is -0.00689. The van der Waals surface area contributed by atoms with Crippen molar-refractivity contribution in [1.82, 2.24) is 19.4 Å². The molecule has 6 nitrogen and oxygen atoms in total. The van der Waals surface area contributed by atoms with E-state index in [-0.39, 0.29) is 24.0 Å². The maximum atomic E-state index is 12.8. The lowest BCUT2D eigenvalue weighted by Crippen LogP contribution is -2.42. The Hall–Kier alpha value is -1.79. The highest BCUT2D eigenvalue weighted by molar-refractivity contribution is 5.85. The topological polar surface area (TPSA) is 59.3 Å². The highest BCUT2D eigenvalue weighted by atomic mass is 35.5. The number of benzene rings is 1. The van der Waals surface area contributed by atoms with Crippen LogP contribution in [0.3, 0.4) is 0 Å². The molecule has 1 aromatic carbocycles. The van der Waals surface area contributed by atoms with Crippen molar-refractivity contribution in [2.45, 2.75) is 45.7 Å². The van der Waals surface area contributed by atoms with Gasteiger partial charge in [-0.15, -0.1) is 12.4 Å². The zero-order chi connectivity index (χ0) is 18.5. The highest BCUT2D eigenvalue weighted by Gasteiger charge is 2.23. The van der Waals surface area contributed by atoms with Crippen LogP contribution in [-0.4, -0.2) is 46.6 Å². The second-order valence-corrected chi connectivity index (χ2v) is 7.23. The van der Waals surface area contributed by atoms with E-state index < -0.39 is 0 Å². The van der Waals surface area contributed by atoms with E-state index in [2.05, 4.69) is 12.2 Å². The number of aryl methyl sites for hydroxylation is 2. The van der Waals surface area contributed by atoms with Crippen molar-refractivity contribution >= 4 is 29.3 Å². The Kier molecular flexibility index (Phi) is 7.92. The molecule has 2 heterocycles. The van der Waals surface area contributed by atoms with Gasteiger partial charge in [0.2, 0.25) is 5.91 Å². The van der Waals surface area contributed by atoms with Crippen LogP contribution in [0.4, 0.5) is 0 Å². The Labute approximate surface area is 166 Å². The molecule has 7 heteroatoms. The van der Waals surface area contributed by atoms with E-state index in [9.17, 15) is 9.59 Å². The van der Waals surface area contributed by atoms with E-state index in [1.807, 2.05) is 40.8 Å². The van der Waals surface area contributed by atoms with Crippen LogP contribution in [-0.2, 0) is 17.9 Å². The number of fused-ring (bicyclic) bond motifs is 1. The third kappa shape index (κ3) is 4.74.